The lowest BCUT2D eigenvalue weighted by atomic mass is 10.1. The number of carbonyl (C=O) groups excluding carboxylic acids is 1. The molecular weight excluding hydrogens is 294 g/mol. The Bertz CT molecular complexity index is 665. The quantitative estimate of drug-likeness (QED) is 0.839. The predicted octanol–water partition coefficient (Wildman–Crippen LogP) is 1.05. The Kier molecular flexibility index (Phi) is 4.87. The van der Waals surface area contributed by atoms with E-state index in [4.69, 9.17) is 4.74 Å². The van der Waals surface area contributed by atoms with Crippen molar-refractivity contribution in [2.45, 2.75) is 25.8 Å². The molecule has 1 atom stereocenters. The molecular formula is C16H19N5O2. The summed E-state index contributed by atoms with van der Waals surface area (Å²) in [5.41, 5.74) is 2.31. The highest BCUT2D eigenvalue weighted by molar-refractivity contribution is 5.92. The average Bonchev–Trinajstić information content (AvgIpc) is 2.61. The Morgan fingerprint density at radius 3 is 2.96 bits per heavy atom. The minimum atomic E-state index is -0.0726. The van der Waals surface area contributed by atoms with Crippen LogP contribution in [0.3, 0.4) is 0 Å². The van der Waals surface area contributed by atoms with Crippen molar-refractivity contribution in [3.05, 3.63) is 48.1 Å². The van der Waals surface area contributed by atoms with Gasteiger partial charge in [-0.2, -0.15) is 0 Å². The molecule has 0 saturated carbocycles. The summed E-state index contributed by atoms with van der Waals surface area (Å²) in [5.74, 6) is -0.0726. The number of amides is 1. The van der Waals surface area contributed by atoms with Crippen molar-refractivity contribution in [3.63, 3.8) is 0 Å². The molecule has 7 heteroatoms. The van der Waals surface area contributed by atoms with E-state index in [2.05, 4.69) is 19.9 Å². The maximum atomic E-state index is 12.6. The molecule has 3 rings (SSSR count). The third-order valence-corrected chi connectivity index (χ3v) is 3.99. The Balaban J connectivity index is 1.69. The van der Waals surface area contributed by atoms with Gasteiger partial charge in [0, 0.05) is 25.1 Å². The van der Waals surface area contributed by atoms with Crippen LogP contribution in [0, 0.1) is 6.92 Å². The number of carbonyl (C=O) groups is 1. The van der Waals surface area contributed by atoms with Crippen molar-refractivity contribution in [1.82, 2.24) is 24.8 Å². The van der Waals surface area contributed by atoms with E-state index in [1.807, 2.05) is 11.8 Å². The van der Waals surface area contributed by atoms with Gasteiger partial charge in [0.2, 0.25) is 0 Å². The van der Waals surface area contributed by atoms with Gasteiger partial charge >= 0.3 is 0 Å². The fourth-order valence-electron chi connectivity index (χ4n) is 2.71. The summed E-state index contributed by atoms with van der Waals surface area (Å²) in [6.07, 6.45) is 7.92. The van der Waals surface area contributed by atoms with Crippen LogP contribution in [-0.4, -0.2) is 56.5 Å². The largest absolute Gasteiger partial charge is 0.377 e. The molecule has 23 heavy (non-hydrogen) atoms. The lowest BCUT2D eigenvalue weighted by Gasteiger charge is -2.35. The molecule has 2 aromatic rings. The van der Waals surface area contributed by atoms with Crippen LogP contribution >= 0.6 is 0 Å². The smallest absolute Gasteiger partial charge is 0.272 e. The molecule has 0 aliphatic carbocycles. The molecule has 7 nitrogen and oxygen atoms in total. The average molecular weight is 313 g/mol. The van der Waals surface area contributed by atoms with Gasteiger partial charge in [0.15, 0.2) is 0 Å². The Labute approximate surface area is 134 Å². The molecule has 0 spiro atoms. The molecule has 1 saturated heterocycles. The fraction of sp³-hybridized carbons (Fsp3) is 0.438. The zero-order valence-corrected chi connectivity index (χ0v) is 13.1. The molecule has 0 aromatic carbocycles. The monoisotopic (exact) mass is 313 g/mol. The molecule has 2 aromatic heterocycles. The van der Waals surface area contributed by atoms with E-state index in [1.165, 1.54) is 6.33 Å². The number of ether oxygens (including phenoxy) is 1. The van der Waals surface area contributed by atoms with Crippen LogP contribution in [0.25, 0.3) is 0 Å². The van der Waals surface area contributed by atoms with E-state index >= 15 is 0 Å². The lowest BCUT2D eigenvalue weighted by molar-refractivity contribution is -0.00445. The van der Waals surface area contributed by atoms with Crippen LogP contribution in [0.4, 0.5) is 0 Å². The normalized spacial score (nSPS) is 18.0. The van der Waals surface area contributed by atoms with E-state index < -0.39 is 0 Å². The number of hydrogen-bond donors (Lipinski definition) is 0. The predicted molar refractivity (Wildman–Crippen MR) is 82.8 cm³/mol. The number of nitrogens with zero attached hydrogens (tertiary/aromatic N) is 5. The highest BCUT2D eigenvalue weighted by Crippen LogP contribution is 2.16. The van der Waals surface area contributed by atoms with E-state index in [1.54, 1.807) is 24.7 Å². The van der Waals surface area contributed by atoms with Crippen molar-refractivity contribution in [3.8, 4) is 0 Å². The number of aryl methyl sites for hydroxylation is 2. The summed E-state index contributed by atoms with van der Waals surface area (Å²) < 4.78 is 5.55. The van der Waals surface area contributed by atoms with E-state index in [9.17, 15) is 4.79 Å². The first kappa shape index (κ1) is 15.5. The summed E-state index contributed by atoms with van der Waals surface area (Å²) in [6, 6.07) is 1.66. The first-order valence-corrected chi connectivity index (χ1v) is 7.67. The molecule has 0 radical (unpaired) electrons. The first-order valence-electron chi connectivity index (χ1n) is 7.67. The molecule has 1 amide bonds. The second kappa shape index (κ2) is 7.23. The second-order valence-electron chi connectivity index (χ2n) is 5.45. The van der Waals surface area contributed by atoms with Gasteiger partial charge in [-0.05, 0) is 25.8 Å². The zero-order chi connectivity index (χ0) is 16.1. The lowest BCUT2D eigenvalue weighted by Crippen LogP contribution is -2.49. The van der Waals surface area contributed by atoms with Crippen LogP contribution < -0.4 is 0 Å². The SMILES string of the molecule is Cc1nccnc1CC[C@H]1COCCN1C(=O)c1ccncn1. The zero-order valence-electron chi connectivity index (χ0n) is 13.1. The highest BCUT2D eigenvalue weighted by atomic mass is 16.5. The topological polar surface area (TPSA) is 81.1 Å². The third-order valence-electron chi connectivity index (χ3n) is 3.99. The number of hydrogen-bond acceptors (Lipinski definition) is 6. The van der Waals surface area contributed by atoms with Crippen molar-refractivity contribution >= 4 is 5.91 Å². The minimum Gasteiger partial charge on any atom is -0.377 e. The molecule has 3 heterocycles. The Hall–Kier alpha value is -2.41. The maximum absolute atomic E-state index is 12.6. The molecule has 120 valence electrons. The van der Waals surface area contributed by atoms with Crippen molar-refractivity contribution in [1.29, 1.82) is 0 Å². The van der Waals surface area contributed by atoms with E-state index in [-0.39, 0.29) is 11.9 Å². The first-order chi connectivity index (χ1) is 11.3. The van der Waals surface area contributed by atoms with Crippen molar-refractivity contribution in [2.24, 2.45) is 0 Å². The standard InChI is InChI=1S/C16H19N5O2/c1-12-14(19-7-6-18-12)3-2-13-10-23-9-8-21(13)16(22)15-4-5-17-11-20-15/h4-7,11,13H,2-3,8-10H2,1H3/t13-/m0/s1. The summed E-state index contributed by atoms with van der Waals surface area (Å²) in [6.45, 7) is 3.62. The van der Waals surface area contributed by atoms with Crippen LogP contribution in [0.1, 0.15) is 28.3 Å². The number of morpholine rings is 1. The van der Waals surface area contributed by atoms with Gasteiger partial charge in [0.05, 0.1) is 30.6 Å². The number of rotatable bonds is 4. The van der Waals surface area contributed by atoms with Gasteiger partial charge in [-0.1, -0.05) is 0 Å². The van der Waals surface area contributed by atoms with Crippen molar-refractivity contribution in [2.75, 3.05) is 19.8 Å². The van der Waals surface area contributed by atoms with Gasteiger partial charge in [0.25, 0.3) is 5.91 Å². The van der Waals surface area contributed by atoms with Gasteiger partial charge in [-0.15, -0.1) is 0 Å². The second-order valence-corrected chi connectivity index (χ2v) is 5.45. The highest BCUT2D eigenvalue weighted by Gasteiger charge is 2.28. The minimum absolute atomic E-state index is 0.0209. The summed E-state index contributed by atoms with van der Waals surface area (Å²) in [4.78, 5) is 31.0. The summed E-state index contributed by atoms with van der Waals surface area (Å²) >= 11 is 0. The number of aromatic nitrogens is 4. The molecule has 0 N–H and O–H groups in total. The van der Waals surface area contributed by atoms with Crippen LogP contribution in [-0.2, 0) is 11.2 Å². The van der Waals surface area contributed by atoms with Gasteiger partial charge in [0.1, 0.15) is 12.0 Å². The Morgan fingerprint density at radius 2 is 2.17 bits per heavy atom. The van der Waals surface area contributed by atoms with Crippen LogP contribution in [0.2, 0.25) is 0 Å². The van der Waals surface area contributed by atoms with Gasteiger partial charge in [-0.25, -0.2) is 9.97 Å². The van der Waals surface area contributed by atoms with Crippen LogP contribution in [0.15, 0.2) is 31.0 Å². The maximum Gasteiger partial charge on any atom is 0.272 e. The third kappa shape index (κ3) is 3.68. The molecule has 1 aliphatic heterocycles. The van der Waals surface area contributed by atoms with Gasteiger partial charge in [-0.3, -0.25) is 14.8 Å². The molecule has 1 fully saturated rings. The fourth-order valence-corrected chi connectivity index (χ4v) is 2.71. The Morgan fingerprint density at radius 1 is 1.30 bits per heavy atom. The van der Waals surface area contributed by atoms with Gasteiger partial charge < -0.3 is 9.64 Å². The molecule has 0 unspecified atom stereocenters. The van der Waals surface area contributed by atoms with E-state index in [0.717, 1.165) is 24.2 Å². The van der Waals surface area contributed by atoms with Crippen LogP contribution in [0.5, 0.6) is 0 Å². The molecule has 1 aliphatic rings. The van der Waals surface area contributed by atoms with E-state index in [0.29, 0.717) is 25.5 Å². The summed E-state index contributed by atoms with van der Waals surface area (Å²) in [5, 5.41) is 0. The van der Waals surface area contributed by atoms with Crippen molar-refractivity contribution < 1.29 is 9.53 Å². The summed E-state index contributed by atoms with van der Waals surface area (Å²) in [7, 11) is 0. The molecule has 0 bridgehead atoms.